The Kier molecular flexibility index (Phi) is 5.63. The molecule has 0 aromatic heterocycles. The molecule has 2 heteroatoms. The molecule has 2 rings (SSSR count). The van der Waals surface area contributed by atoms with E-state index in [0.29, 0.717) is 0 Å². The van der Waals surface area contributed by atoms with E-state index in [0.717, 1.165) is 26.1 Å². The summed E-state index contributed by atoms with van der Waals surface area (Å²) in [5.41, 5.74) is 3.92. The lowest BCUT2D eigenvalue weighted by atomic mass is 10.1. The van der Waals surface area contributed by atoms with Gasteiger partial charge in [-0.2, -0.15) is 0 Å². The van der Waals surface area contributed by atoms with E-state index in [1.807, 2.05) is 0 Å². The van der Waals surface area contributed by atoms with Gasteiger partial charge < -0.3 is 10.2 Å². The summed E-state index contributed by atoms with van der Waals surface area (Å²) in [7, 11) is 2.18. The van der Waals surface area contributed by atoms with Crippen molar-refractivity contribution in [2.24, 2.45) is 0 Å². The number of hydrogen-bond donors (Lipinski definition) is 1. The Hall–Kier alpha value is -1.80. The largest absolute Gasteiger partial charge is 0.384 e. The van der Waals surface area contributed by atoms with E-state index < -0.39 is 0 Å². The minimum Gasteiger partial charge on any atom is -0.384 e. The fourth-order valence-corrected chi connectivity index (χ4v) is 2.22. The molecule has 0 radical (unpaired) electrons. The van der Waals surface area contributed by atoms with Crippen LogP contribution in [0.2, 0.25) is 0 Å². The summed E-state index contributed by atoms with van der Waals surface area (Å²) in [6.07, 6.45) is 1.11. The van der Waals surface area contributed by atoms with Gasteiger partial charge in [-0.05, 0) is 43.7 Å². The zero-order valence-corrected chi connectivity index (χ0v) is 12.5. The number of nitrogens with one attached hydrogen (secondary N) is 1. The van der Waals surface area contributed by atoms with Gasteiger partial charge in [0.15, 0.2) is 0 Å². The number of anilines is 1. The van der Waals surface area contributed by atoms with Gasteiger partial charge in [0.05, 0.1) is 0 Å². The predicted octanol–water partition coefficient (Wildman–Crippen LogP) is 3.58. The molecule has 20 heavy (non-hydrogen) atoms. The lowest BCUT2D eigenvalue weighted by Crippen LogP contribution is -2.27. The van der Waals surface area contributed by atoms with Crippen LogP contribution in [0.5, 0.6) is 0 Å². The van der Waals surface area contributed by atoms with Crippen LogP contribution in [0.3, 0.4) is 0 Å². The number of likely N-dealkylation sites (N-methyl/N-ethyl adjacent to an activating group) is 1. The monoisotopic (exact) mass is 268 g/mol. The van der Waals surface area contributed by atoms with Crippen LogP contribution in [-0.4, -0.2) is 31.6 Å². The molecule has 2 aromatic carbocycles. The minimum atomic E-state index is 0.981. The molecule has 0 amide bonds. The highest BCUT2D eigenvalue weighted by Crippen LogP contribution is 2.08. The standard InChI is InChI=1S/C18H24N2/c1-16-7-6-10-18(15-16)19-12-14-20(2)13-11-17-8-4-3-5-9-17/h3-10,15,19H,11-14H2,1-2H3. The lowest BCUT2D eigenvalue weighted by Gasteiger charge is -2.17. The van der Waals surface area contributed by atoms with Crippen LogP contribution in [0, 0.1) is 6.92 Å². The fourth-order valence-electron chi connectivity index (χ4n) is 2.22. The average Bonchev–Trinajstić information content (AvgIpc) is 2.46. The fraction of sp³-hybridized carbons (Fsp3) is 0.333. The number of benzene rings is 2. The van der Waals surface area contributed by atoms with Gasteiger partial charge in [0.2, 0.25) is 0 Å². The first kappa shape index (κ1) is 14.6. The van der Waals surface area contributed by atoms with Crippen molar-refractivity contribution in [1.29, 1.82) is 0 Å². The van der Waals surface area contributed by atoms with Gasteiger partial charge >= 0.3 is 0 Å². The third-order valence-electron chi connectivity index (χ3n) is 3.47. The SMILES string of the molecule is Cc1cccc(NCCN(C)CCc2ccccc2)c1. The van der Waals surface area contributed by atoms with Crippen LogP contribution in [-0.2, 0) is 6.42 Å². The van der Waals surface area contributed by atoms with Crippen molar-refractivity contribution in [3.05, 3.63) is 65.7 Å². The number of nitrogens with zero attached hydrogens (tertiary/aromatic N) is 1. The first-order valence-electron chi connectivity index (χ1n) is 7.27. The zero-order valence-electron chi connectivity index (χ0n) is 12.5. The summed E-state index contributed by atoms with van der Waals surface area (Å²) in [4.78, 5) is 2.37. The number of rotatable bonds is 7. The molecule has 0 spiro atoms. The van der Waals surface area contributed by atoms with Gasteiger partial charge in [-0.3, -0.25) is 0 Å². The Morgan fingerprint density at radius 3 is 2.50 bits per heavy atom. The molecule has 0 aliphatic rings. The van der Waals surface area contributed by atoms with Crippen molar-refractivity contribution in [3.8, 4) is 0 Å². The average molecular weight is 268 g/mol. The highest BCUT2D eigenvalue weighted by molar-refractivity contribution is 5.45. The smallest absolute Gasteiger partial charge is 0.0343 e. The summed E-state index contributed by atoms with van der Waals surface area (Å²) in [5.74, 6) is 0. The molecule has 0 heterocycles. The normalized spacial score (nSPS) is 10.8. The first-order chi connectivity index (χ1) is 9.74. The summed E-state index contributed by atoms with van der Waals surface area (Å²) in [6, 6.07) is 19.2. The summed E-state index contributed by atoms with van der Waals surface area (Å²) >= 11 is 0. The van der Waals surface area contributed by atoms with Crippen molar-refractivity contribution in [3.63, 3.8) is 0 Å². The third-order valence-corrected chi connectivity index (χ3v) is 3.47. The first-order valence-corrected chi connectivity index (χ1v) is 7.27. The van der Waals surface area contributed by atoms with Crippen LogP contribution in [0.4, 0.5) is 5.69 Å². The maximum absolute atomic E-state index is 3.47. The summed E-state index contributed by atoms with van der Waals surface area (Å²) < 4.78 is 0. The molecule has 2 aromatic rings. The van der Waals surface area contributed by atoms with E-state index in [1.165, 1.54) is 16.8 Å². The van der Waals surface area contributed by atoms with Gasteiger partial charge in [0, 0.05) is 25.3 Å². The van der Waals surface area contributed by atoms with Crippen molar-refractivity contribution in [2.45, 2.75) is 13.3 Å². The van der Waals surface area contributed by atoms with Crippen molar-refractivity contribution in [2.75, 3.05) is 32.0 Å². The van der Waals surface area contributed by atoms with Gasteiger partial charge in [-0.25, -0.2) is 0 Å². The molecule has 0 aliphatic heterocycles. The van der Waals surface area contributed by atoms with E-state index in [1.54, 1.807) is 0 Å². The highest BCUT2D eigenvalue weighted by Gasteiger charge is 1.99. The van der Waals surface area contributed by atoms with Crippen molar-refractivity contribution < 1.29 is 0 Å². The van der Waals surface area contributed by atoms with Gasteiger partial charge in [0.1, 0.15) is 0 Å². The predicted molar refractivity (Wildman–Crippen MR) is 87.3 cm³/mol. The van der Waals surface area contributed by atoms with Crippen LogP contribution in [0.25, 0.3) is 0 Å². The highest BCUT2D eigenvalue weighted by atomic mass is 15.1. The van der Waals surface area contributed by atoms with E-state index in [9.17, 15) is 0 Å². The van der Waals surface area contributed by atoms with Crippen LogP contribution >= 0.6 is 0 Å². The molecule has 0 fully saturated rings. The second kappa shape index (κ2) is 7.71. The lowest BCUT2D eigenvalue weighted by molar-refractivity contribution is 0.351. The maximum atomic E-state index is 3.47. The molecule has 0 atom stereocenters. The van der Waals surface area contributed by atoms with Crippen molar-refractivity contribution >= 4 is 5.69 Å². The van der Waals surface area contributed by atoms with E-state index >= 15 is 0 Å². The molecular weight excluding hydrogens is 244 g/mol. The second-order valence-corrected chi connectivity index (χ2v) is 5.34. The van der Waals surface area contributed by atoms with E-state index in [4.69, 9.17) is 0 Å². The molecule has 0 unspecified atom stereocenters. The van der Waals surface area contributed by atoms with Crippen LogP contribution in [0.15, 0.2) is 54.6 Å². The van der Waals surface area contributed by atoms with Gasteiger partial charge in [0.25, 0.3) is 0 Å². The molecule has 0 bridgehead atoms. The molecule has 0 saturated carbocycles. The quantitative estimate of drug-likeness (QED) is 0.825. The minimum absolute atomic E-state index is 0.981. The molecule has 0 saturated heterocycles. The van der Waals surface area contributed by atoms with Gasteiger partial charge in [-0.1, -0.05) is 42.5 Å². The molecular formula is C18H24N2. The van der Waals surface area contributed by atoms with E-state index in [-0.39, 0.29) is 0 Å². The second-order valence-electron chi connectivity index (χ2n) is 5.34. The van der Waals surface area contributed by atoms with Gasteiger partial charge in [-0.15, -0.1) is 0 Å². The number of hydrogen-bond acceptors (Lipinski definition) is 2. The topological polar surface area (TPSA) is 15.3 Å². The number of aryl methyl sites for hydroxylation is 1. The molecule has 1 N–H and O–H groups in total. The Morgan fingerprint density at radius 2 is 1.75 bits per heavy atom. The maximum Gasteiger partial charge on any atom is 0.0343 e. The van der Waals surface area contributed by atoms with E-state index in [2.05, 4.69) is 78.8 Å². The Balaban J connectivity index is 1.66. The van der Waals surface area contributed by atoms with Crippen molar-refractivity contribution in [1.82, 2.24) is 4.90 Å². The summed E-state index contributed by atoms with van der Waals surface area (Å²) in [6.45, 7) is 5.26. The van der Waals surface area contributed by atoms with Crippen LogP contribution < -0.4 is 5.32 Å². The Labute approximate surface area is 122 Å². The zero-order chi connectivity index (χ0) is 14.2. The molecule has 106 valence electrons. The van der Waals surface area contributed by atoms with Crippen LogP contribution in [0.1, 0.15) is 11.1 Å². The summed E-state index contributed by atoms with van der Waals surface area (Å²) in [5, 5.41) is 3.47. The molecule has 0 aliphatic carbocycles. The Bertz CT molecular complexity index is 508. The Morgan fingerprint density at radius 1 is 0.950 bits per heavy atom. The third kappa shape index (κ3) is 5.06. The molecule has 2 nitrogen and oxygen atoms in total.